The third kappa shape index (κ3) is 1.74. The Bertz CT molecular complexity index is 740. The van der Waals surface area contributed by atoms with Gasteiger partial charge in [-0.05, 0) is 36.9 Å². The van der Waals surface area contributed by atoms with Gasteiger partial charge in [-0.3, -0.25) is 4.99 Å². The highest BCUT2D eigenvalue weighted by Crippen LogP contribution is 2.44. The van der Waals surface area contributed by atoms with Crippen molar-refractivity contribution in [2.45, 2.75) is 13.8 Å². The summed E-state index contributed by atoms with van der Waals surface area (Å²) in [6, 6.07) is 9.01. The van der Waals surface area contributed by atoms with Crippen LogP contribution in [0.4, 0.5) is 0 Å². The van der Waals surface area contributed by atoms with Crippen LogP contribution in [0.3, 0.4) is 0 Å². The predicted molar refractivity (Wildman–Crippen MR) is 85.8 cm³/mol. The minimum atomic E-state index is 0.934. The number of nitrogens with zero attached hydrogens (tertiary/aromatic N) is 2. The van der Waals surface area contributed by atoms with E-state index in [9.17, 15) is 0 Å². The third-order valence-corrected chi connectivity index (χ3v) is 5.69. The summed E-state index contributed by atoms with van der Waals surface area (Å²) < 4.78 is 1.38. The van der Waals surface area contributed by atoms with Crippen molar-refractivity contribution in [1.29, 1.82) is 0 Å². The Hall–Kier alpha value is -1.26. The van der Waals surface area contributed by atoms with Gasteiger partial charge in [-0.2, -0.15) is 0 Å². The monoisotopic (exact) mass is 286 g/mol. The average molecular weight is 286 g/mol. The first-order valence-corrected chi connectivity index (χ1v) is 8.07. The maximum atomic E-state index is 4.56. The second-order valence-corrected chi connectivity index (χ2v) is 7.24. The second kappa shape index (κ2) is 4.12. The van der Waals surface area contributed by atoms with E-state index in [-0.39, 0.29) is 0 Å². The lowest BCUT2D eigenvalue weighted by Crippen LogP contribution is -2.19. The maximum absolute atomic E-state index is 4.56. The van der Waals surface area contributed by atoms with E-state index in [1.807, 2.05) is 23.1 Å². The Morgan fingerprint density at radius 2 is 2.11 bits per heavy atom. The van der Waals surface area contributed by atoms with Crippen LogP contribution in [0.2, 0.25) is 0 Å². The van der Waals surface area contributed by atoms with Crippen molar-refractivity contribution in [3.63, 3.8) is 0 Å². The first-order chi connectivity index (χ1) is 9.22. The molecule has 0 fully saturated rings. The van der Waals surface area contributed by atoms with Gasteiger partial charge in [0.1, 0.15) is 0 Å². The number of thiophene rings is 1. The predicted octanol–water partition coefficient (Wildman–Crippen LogP) is 4.32. The Labute approximate surface area is 120 Å². The zero-order valence-corrected chi connectivity index (χ0v) is 12.6. The lowest BCUT2D eigenvalue weighted by atomic mass is 10.2. The fraction of sp³-hybridized carbons (Fsp3) is 0.267. The molecule has 0 saturated carbocycles. The van der Waals surface area contributed by atoms with E-state index in [1.165, 1.54) is 36.3 Å². The normalized spacial score (nSPS) is 18.4. The summed E-state index contributed by atoms with van der Waals surface area (Å²) in [7, 11) is 0. The topological polar surface area (TPSA) is 15.6 Å². The van der Waals surface area contributed by atoms with Crippen LogP contribution < -0.4 is 0 Å². The number of aryl methyl sites for hydroxylation is 1. The summed E-state index contributed by atoms with van der Waals surface area (Å²) in [5, 5.41) is 2.53. The Balaban J connectivity index is 1.86. The van der Waals surface area contributed by atoms with Crippen LogP contribution in [0.1, 0.15) is 17.4 Å². The molecule has 96 valence electrons. The molecule has 2 aliphatic rings. The quantitative estimate of drug-likeness (QED) is 0.776. The van der Waals surface area contributed by atoms with Crippen molar-refractivity contribution in [3.8, 4) is 0 Å². The highest BCUT2D eigenvalue weighted by molar-refractivity contribution is 8.17. The Kier molecular flexibility index (Phi) is 2.50. The molecule has 2 nitrogen and oxygen atoms in total. The molecule has 19 heavy (non-hydrogen) atoms. The van der Waals surface area contributed by atoms with Crippen molar-refractivity contribution in [3.05, 3.63) is 39.6 Å². The van der Waals surface area contributed by atoms with Crippen LogP contribution in [0.5, 0.6) is 0 Å². The highest BCUT2D eigenvalue weighted by atomic mass is 32.2. The van der Waals surface area contributed by atoms with E-state index in [2.05, 4.69) is 48.0 Å². The molecule has 0 atom stereocenters. The van der Waals surface area contributed by atoms with E-state index in [4.69, 9.17) is 0 Å². The van der Waals surface area contributed by atoms with Gasteiger partial charge in [0.25, 0.3) is 0 Å². The van der Waals surface area contributed by atoms with Gasteiger partial charge in [0, 0.05) is 16.1 Å². The zero-order valence-electron chi connectivity index (χ0n) is 10.9. The minimum Gasteiger partial charge on any atom is -0.317 e. The van der Waals surface area contributed by atoms with Gasteiger partial charge in [-0.15, -0.1) is 11.3 Å². The molecule has 0 amide bonds. The number of hydrogen-bond acceptors (Lipinski definition) is 4. The summed E-state index contributed by atoms with van der Waals surface area (Å²) in [6.45, 7) is 6.32. The van der Waals surface area contributed by atoms with Crippen molar-refractivity contribution < 1.29 is 0 Å². The van der Waals surface area contributed by atoms with E-state index < -0.39 is 0 Å². The molecule has 0 N–H and O–H groups in total. The van der Waals surface area contributed by atoms with E-state index in [0.29, 0.717) is 0 Å². The summed E-state index contributed by atoms with van der Waals surface area (Å²) in [4.78, 5) is 9.68. The lowest BCUT2D eigenvalue weighted by Gasteiger charge is -2.15. The fourth-order valence-electron chi connectivity index (χ4n) is 2.66. The van der Waals surface area contributed by atoms with Gasteiger partial charge in [0.2, 0.25) is 0 Å². The molecule has 0 aliphatic carbocycles. The third-order valence-electron chi connectivity index (χ3n) is 3.56. The number of hydrogen-bond donors (Lipinski definition) is 0. The molecular weight excluding hydrogens is 272 g/mol. The smallest absolute Gasteiger partial charge is 0.168 e. The number of fused-ring (bicyclic) bond motifs is 2. The lowest BCUT2D eigenvalue weighted by molar-refractivity contribution is 0.649. The van der Waals surface area contributed by atoms with Gasteiger partial charge in [-0.1, -0.05) is 23.9 Å². The number of benzene rings is 1. The van der Waals surface area contributed by atoms with Crippen LogP contribution in [-0.4, -0.2) is 23.2 Å². The van der Waals surface area contributed by atoms with Crippen LogP contribution in [0.15, 0.2) is 34.2 Å². The number of thioether (sulfide) groups is 1. The van der Waals surface area contributed by atoms with Crippen molar-refractivity contribution in [2.24, 2.45) is 4.99 Å². The van der Waals surface area contributed by atoms with Gasteiger partial charge in [0.15, 0.2) is 5.17 Å². The summed E-state index contributed by atoms with van der Waals surface area (Å²) in [5.41, 5.74) is 2.70. The fourth-order valence-corrected chi connectivity index (χ4v) is 5.03. The van der Waals surface area contributed by atoms with Crippen LogP contribution >= 0.6 is 23.1 Å². The largest absolute Gasteiger partial charge is 0.317 e. The molecule has 0 saturated heterocycles. The SMILES string of the molecule is CC1=C(c2cc3ccc(C)cc3s2)N2CCN=C2S1. The Morgan fingerprint density at radius 1 is 1.21 bits per heavy atom. The first-order valence-electron chi connectivity index (χ1n) is 6.44. The standard InChI is InChI=1S/C15H14N2S2/c1-9-3-4-11-8-13(19-12(11)7-9)14-10(2)18-15-16-5-6-17(14)15/h3-4,7-8H,5-6H2,1-2H3. The van der Waals surface area contributed by atoms with Crippen molar-refractivity contribution >= 4 is 44.0 Å². The van der Waals surface area contributed by atoms with Crippen LogP contribution in [0, 0.1) is 6.92 Å². The molecule has 4 heteroatoms. The minimum absolute atomic E-state index is 0.934. The summed E-state index contributed by atoms with van der Waals surface area (Å²) in [5.74, 6) is 0. The molecule has 2 aromatic rings. The van der Waals surface area contributed by atoms with Gasteiger partial charge in [-0.25, -0.2) is 0 Å². The van der Waals surface area contributed by atoms with E-state index in [0.717, 1.165) is 13.1 Å². The molecule has 0 bridgehead atoms. The molecule has 4 rings (SSSR count). The Morgan fingerprint density at radius 3 is 3.00 bits per heavy atom. The van der Waals surface area contributed by atoms with Gasteiger partial charge in [0.05, 0.1) is 17.1 Å². The van der Waals surface area contributed by atoms with Gasteiger partial charge < -0.3 is 4.90 Å². The number of rotatable bonds is 1. The van der Waals surface area contributed by atoms with Crippen molar-refractivity contribution in [2.75, 3.05) is 13.1 Å². The molecule has 0 radical (unpaired) electrons. The van der Waals surface area contributed by atoms with Gasteiger partial charge >= 0.3 is 0 Å². The molecule has 2 aliphatic heterocycles. The maximum Gasteiger partial charge on any atom is 0.168 e. The first kappa shape index (κ1) is 11.6. The number of amidine groups is 1. The molecule has 1 aromatic heterocycles. The van der Waals surface area contributed by atoms with E-state index in [1.54, 1.807) is 0 Å². The van der Waals surface area contributed by atoms with E-state index >= 15 is 0 Å². The van der Waals surface area contributed by atoms with Crippen molar-refractivity contribution in [1.82, 2.24) is 4.90 Å². The molecule has 0 unspecified atom stereocenters. The molecule has 0 spiro atoms. The zero-order chi connectivity index (χ0) is 13.0. The highest BCUT2D eigenvalue weighted by Gasteiger charge is 2.31. The number of aliphatic imine (C=N–C) groups is 1. The second-order valence-electron chi connectivity index (χ2n) is 4.97. The summed E-state index contributed by atoms with van der Waals surface area (Å²) >= 11 is 3.71. The summed E-state index contributed by atoms with van der Waals surface area (Å²) in [6.07, 6.45) is 0. The molecular formula is C15H14N2S2. The van der Waals surface area contributed by atoms with Crippen LogP contribution in [-0.2, 0) is 0 Å². The average Bonchev–Trinajstić information content (AvgIpc) is 3.01. The molecule has 1 aromatic carbocycles. The van der Waals surface area contributed by atoms with Crippen LogP contribution in [0.25, 0.3) is 15.8 Å². The molecule has 3 heterocycles. The number of allylic oxidation sites excluding steroid dienone is 1.